The van der Waals surface area contributed by atoms with E-state index in [0.29, 0.717) is 9.88 Å². The molecule has 0 fully saturated rings. The van der Waals surface area contributed by atoms with Crippen molar-refractivity contribution in [3.63, 3.8) is 0 Å². The Morgan fingerprint density at radius 1 is 1.05 bits per heavy atom. The molecule has 2 amide bonds. The molecule has 0 atom stereocenters. The molecule has 0 bridgehead atoms. The fourth-order valence-corrected chi connectivity index (χ4v) is 2.54. The molecule has 0 spiro atoms. The van der Waals surface area contributed by atoms with E-state index in [1.54, 1.807) is 12.1 Å². The maximum absolute atomic E-state index is 12.0. The van der Waals surface area contributed by atoms with Crippen LogP contribution in [0.3, 0.4) is 0 Å². The number of amides is 2. The fraction of sp³-hybridized carbons (Fsp3) is 0.0769. The SMILES string of the molecule is CC(=O)Nc1ccc(C(=O)Nc2ccc(Br)cc2)s1. The summed E-state index contributed by atoms with van der Waals surface area (Å²) in [5, 5.41) is 6.10. The Bertz CT molecular complexity index is 607. The topological polar surface area (TPSA) is 58.2 Å². The summed E-state index contributed by atoms with van der Waals surface area (Å²) in [4.78, 5) is 23.4. The highest BCUT2D eigenvalue weighted by molar-refractivity contribution is 9.10. The van der Waals surface area contributed by atoms with Crippen molar-refractivity contribution in [2.75, 3.05) is 10.6 Å². The van der Waals surface area contributed by atoms with Crippen LogP contribution >= 0.6 is 27.3 Å². The first kappa shape index (κ1) is 13.8. The van der Waals surface area contributed by atoms with Gasteiger partial charge in [0.15, 0.2) is 0 Å². The summed E-state index contributed by atoms with van der Waals surface area (Å²) in [5.41, 5.74) is 0.725. The lowest BCUT2D eigenvalue weighted by atomic mass is 10.3. The third kappa shape index (κ3) is 3.90. The van der Waals surface area contributed by atoms with Crippen molar-refractivity contribution in [3.05, 3.63) is 45.7 Å². The molecule has 19 heavy (non-hydrogen) atoms. The lowest BCUT2D eigenvalue weighted by molar-refractivity contribution is -0.114. The second kappa shape index (κ2) is 5.99. The number of carbonyl (C=O) groups excluding carboxylic acids is 2. The number of benzene rings is 1. The van der Waals surface area contributed by atoms with Crippen LogP contribution in [-0.4, -0.2) is 11.8 Å². The molecule has 1 aromatic carbocycles. The average Bonchev–Trinajstić information content (AvgIpc) is 2.80. The predicted octanol–water partition coefficient (Wildman–Crippen LogP) is 3.72. The van der Waals surface area contributed by atoms with Gasteiger partial charge < -0.3 is 10.6 Å². The maximum atomic E-state index is 12.0. The van der Waals surface area contributed by atoms with E-state index in [1.165, 1.54) is 18.3 Å². The Labute approximate surface area is 123 Å². The molecule has 1 aromatic heterocycles. The predicted molar refractivity (Wildman–Crippen MR) is 80.7 cm³/mol. The normalized spacial score (nSPS) is 10.0. The van der Waals surface area contributed by atoms with Gasteiger partial charge in [0, 0.05) is 17.1 Å². The number of anilines is 2. The molecule has 2 N–H and O–H groups in total. The molecule has 0 aliphatic rings. The molecule has 6 heteroatoms. The Kier molecular flexibility index (Phi) is 4.34. The number of nitrogens with one attached hydrogen (secondary N) is 2. The lowest BCUT2D eigenvalue weighted by Crippen LogP contribution is -2.09. The van der Waals surface area contributed by atoms with Crippen LogP contribution in [0.1, 0.15) is 16.6 Å². The number of carbonyl (C=O) groups is 2. The molecule has 2 rings (SSSR count). The molecule has 0 saturated carbocycles. The van der Waals surface area contributed by atoms with Gasteiger partial charge in [0.2, 0.25) is 5.91 Å². The molecule has 0 aliphatic heterocycles. The van der Waals surface area contributed by atoms with Crippen molar-refractivity contribution in [2.24, 2.45) is 0 Å². The second-order valence-corrected chi connectivity index (χ2v) is 5.81. The van der Waals surface area contributed by atoms with Gasteiger partial charge in [-0.05, 0) is 36.4 Å². The van der Waals surface area contributed by atoms with Gasteiger partial charge in [-0.15, -0.1) is 11.3 Å². The first-order chi connectivity index (χ1) is 9.04. The lowest BCUT2D eigenvalue weighted by Gasteiger charge is -2.03. The molecule has 1 heterocycles. The number of hydrogen-bond acceptors (Lipinski definition) is 3. The van der Waals surface area contributed by atoms with Gasteiger partial charge in [-0.2, -0.15) is 0 Å². The first-order valence-corrected chi connectivity index (χ1v) is 7.10. The van der Waals surface area contributed by atoms with Crippen LogP contribution in [0.15, 0.2) is 40.9 Å². The minimum absolute atomic E-state index is 0.151. The number of halogens is 1. The molecule has 0 aliphatic carbocycles. The van der Waals surface area contributed by atoms with Gasteiger partial charge in [-0.25, -0.2) is 0 Å². The van der Waals surface area contributed by atoms with Gasteiger partial charge in [-0.3, -0.25) is 9.59 Å². The molecule has 0 radical (unpaired) electrons. The van der Waals surface area contributed by atoms with Crippen LogP contribution in [-0.2, 0) is 4.79 Å². The zero-order chi connectivity index (χ0) is 13.8. The number of hydrogen-bond donors (Lipinski definition) is 2. The Balaban J connectivity index is 2.05. The summed E-state index contributed by atoms with van der Waals surface area (Å²) in [5.74, 6) is -0.342. The molecule has 2 aromatic rings. The Hall–Kier alpha value is -1.66. The number of rotatable bonds is 3. The van der Waals surface area contributed by atoms with Gasteiger partial charge in [0.05, 0.1) is 9.88 Å². The summed E-state index contributed by atoms with van der Waals surface area (Å²) in [6, 6.07) is 10.7. The number of thiophene rings is 1. The van der Waals surface area contributed by atoms with E-state index in [9.17, 15) is 9.59 Å². The monoisotopic (exact) mass is 338 g/mol. The smallest absolute Gasteiger partial charge is 0.265 e. The average molecular weight is 339 g/mol. The maximum Gasteiger partial charge on any atom is 0.265 e. The van der Waals surface area contributed by atoms with Crippen molar-refractivity contribution < 1.29 is 9.59 Å². The summed E-state index contributed by atoms with van der Waals surface area (Å²) in [6.07, 6.45) is 0. The van der Waals surface area contributed by atoms with Crippen LogP contribution in [0.5, 0.6) is 0 Å². The van der Waals surface area contributed by atoms with Gasteiger partial charge in [0.25, 0.3) is 5.91 Å². The summed E-state index contributed by atoms with van der Waals surface area (Å²) in [7, 11) is 0. The van der Waals surface area contributed by atoms with E-state index in [1.807, 2.05) is 24.3 Å². The molecule has 0 saturated heterocycles. The van der Waals surface area contributed by atoms with E-state index >= 15 is 0 Å². The minimum atomic E-state index is -0.191. The largest absolute Gasteiger partial charge is 0.321 e. The van der Waals surface area contributed by atoms with E-state index in [0.717, 1.165) is 10.2 Å². The van der Waals surface area contributed by atoms with Crippen molar-refractivity contribution in [2.45, 2.75) is 6.92 Å². The summed E-state index contributed by atoms with van der Waals surface area (Å²) >= 11 is 4.57. The van der Waals surface area contributed by atoms with Crippen molar-refractivity contribution in [3.8, 4) is 0 Å². The van der Waals surface area contributed by atoms with Crippen LogP contribution in [0, 0.1) is 0 Å². The highest BCUT2D eigenvalue weighted by atomic mass is 79.9. The fourth-order valence-electron chi connectivity index (χ4n) is 1.43. The Morgan fingerprint density at radius 3 is 2.37 bits per heavy atom. The van der Waals surface area contributed by atoms with Gasteiger partial charge in [-0.1, -0.05) is 15.9 Å². The van der Waals surface area contributed by atoms with Crippen molar-refractivity contribution >= 4 is 49.8 Å². The molecular formula is C13H11BrN2O2S. The van der Waals surface area contributed by atoms with E-state index in [4.69, 9.17) is 0 Å². The van der Waals surface area contributed by atoms with Crippen LogP contribution < -0.4 is 10.6 Å². The van der Waals surface area contributed by atoms with E-state index in [2.05, 4.69) is 26.6 Å². The summed E-state index contributed by atoms with van der Waals surface area (Å²) in [6.45, 7) is 1.43. The highest BCUT2D eigenvalue weighted by Gasteiger charge is 2.10. The third-order valence-electron chi connectivity index (χ3n) is 2.23. The van der Waals surface area contributed by atoms with Crippen LogP contribution in [0.2, 0.25) is 0 Å². The molecule has 0 unspecified atom stereocenters. The van der Waals surface area contributed by atoms with Crippen LogP contribution in [0.25, 0.3) is 0 Å². The molecular weight excluding hydrogens is 328 g/mol. The van der Waals surface area contributed by atoms with E-state index in [-0.39, 0.29) is 11.8 Å². The van der Waals surface area contributed by atoms with Gasteiger partial charge in [0.1, 0.15) is 0 Å². The standard InChI is InChI=1S/C13H11BrN2O2S/c1-8(17)15-12-7-6-11(19-12)13(18)16-10-4-2-9(14)3-5-10/h2-7H,1H3,(H,15,17)(H,16,18). The Morgan fingerprint density at radius 2 is 1.74 bits per heavy atom. The summed E-state index contributed by atoms with van der Waals surface area (Å²) < 4.78 is 0.953. The van der Waals surface area contributed by atoms with Gasteiger partial charge >= 0.3 is 0 Å². The molecule has 4 nitrogen and oxygen atoms in total. The van der Waals surface area contributed by atoms with E-state index < -0.39 is 0 Å². The zero-order valence-electron chi connectivity index (χ0n) is 10.1. The minimum Gasteiger partial charge on any atom is -0.321 e. The van der Waals surface area contributed by atoms with Crippen LogP contribution in [0.4, 0.5) is 10.7 Å². The molecule has 98 valence electrons. The van der Waals surface area contributed by atoms with Crippen molar-refractivity contribution in [1.29, 1.82) is 0 Å². The highest BCUT2D eigenvalue weighted by Crippen LogP contribution is 2.23. The second-order valence-electron chi connectivity index (χ2n) is 3.81. The zero-order valence-corrected chi connectivity index (χ0v) is 12.5. The first-order valence-electron chi connectivity index (χ1n) is 5.49. The quantitative estimate of drug-likeness (QED) is 0.895. The van der Waals surface area contributed by atoms with Crippen molar-refractivity contribution in [1.82, 2.24) is 0 Å². The third-order valence-corrected chi connectivity index (χ3v) is 3.76.